The average molecular weight is 501 g/mol. The van der Waals surface area contributed by atoms with E-state index in [-0.39, 0.29) is 17.1 Å². The van der Waals surface area contributed by atoms with Crippen LogP contribution in [-0.2, 0) is 21.2 Å². The minimum atomic E-state index is -3.94. The molecule has 0 radical (unpaired) electrons. The van der Waals surface area contributed by atoms with Crippen molar-refractivity contribution in [2.75, 3.05) is 5.32 Å². The second-order valence-electron chi connectivity index (χ2n) is 6.94. The zero-order valence-corrected chi connectivity index (χ0v) is 19.1. The third-order valence-electron chi connectivity index (χ3n) is 4.56. The number of sulfonamides is 1. The lowest BCUT2D eigenvalue weighted by Crippen LogP contribution is -2.45. The molecule has 0 aromatic heterocycles. The van der Waals surface area contributed by atoms with E-state index in [1.54, 1.807) is 36.4 Å². The van der Waals surface area contributed by atoms with Gasteiger partial charge in [0.15, 0.2) is 5.78 Å². The number of carbonyl (C=O) groups excluding carboxylic acids is 2. The monoisotopic (exact) mass is 500 g/mol. The fraction of sp³-hybridized carbons (Fsp3) is 0.130. The lowest BCUT2D eigenvalue weighted by atomic mass is 10.1. The molecule has 160 valence electrons. The van der Waals surface area contributed by atoms with Crippen LogP contribution >= 0.6 is 15.9 Å². The maximum atomic E-state index is 13.0. The first-order valence-electron chi connectivity index (χ1n) is 9.48. The number of ketones is 1. The van der Waals surface area contributed by atoms with Crippen LogP contribution in [0.4, 0.5) is 5.69 Å². The molecule has 31 heavy (non-hydrogen) atoms. The molecule has 3 aromatic carbocycles. The number of anilines is 1. The first-order valence-corrected chi connectivity index (χ1v) is 11.8. The zero-order chi connectivity index (χ0) is 22.4. The van der Waals surface area contributed by atoms with Crippen molar-refractivity contribution in [3.8, 4) is 0 Å². The van der Waals surface area contributed by atoms with E-state index in [1.165, 1.54) is 19.1 Å². The van der Waals surface area contributed by atoms with Gasteiger partial charge in [0.25, 0.3) is 0 Å². The third-order valence-corrected chi connectivity index (χ3v) is 6.57. The highest BCUT2D eigenvalue weighted by atomic mass is 79.9. The fourth-order valence-electron chi connectivity index (χ4n) is 2.95. The maximum absolute atomic E-state index is 13.0. The summed E-state index contributed by atoms with van der Waals surface area (Å²) in [6.45, 7) is 1.44. The average Bonchev–Trinajstić information content (AvgIpc) is 2.74. The highest BCUT2D eigenvalue weighted by Crippen LogP contribution is 2.17. The Morgan fingerprint density at radius 3 is 2.26 bits per heavy atom. The Labute approximate surface area is 189 Å². The Hall–Kier alpha value is -2.81. The van der Waals surface area contributed by atoms with Crippen LogP contribution < -0.4 is 10.0 Å². The predicted octanol–water partition coefficient (Wildman–Crippen LogP) is 4.18. The Kier molecular flexibility index (Phi) is 7.37. The topological polar surface area (TPSA) is 92.3 Å². The van der Waals surface area contributed by atoms with E-state index in [1.807, 2.05) is 30.3 Å². The minimum Gasteiger partial charge on any atom is -0.325 e. The van der Waals surface area contributed by atoms with Gasteiger partial charge in [0, 0.05) is 15.7 Å². The molecule has 0 unspecified atom stereocenters. The number of hydrogen-bond donors (Lipinski definition) is 2. The van der Waals surface area contributed by atoms with E-state index in [0.29, 0.717) is 11.3 Å². The van der Waals surface area contributed by atoms with Gasteiger partial charge in [0.1, 0.15) is 6.04 Å². The van der Waals surface area contributed by atoms with Gasteiger partial charge in [-0.2, -0.15) is 4.72 Å². The summed E-state index contributed by atoms with van der Waals surface area (Å²) >= 11 is 3.28. The van der Waals surface area contributed by atoms with E-state index >= 15 is 0 Å². The number of nitrogens with one attached hydrogen (secondary N) is 2. The number of amides is 1. The van der Waals surface area contributed by atoms with Crippen molar-refractivity contribution in [2.24, 2.45) is 0 Å². The van der Waals surface area contributed by atoms with E-state index in [2.05, 4.69) is 26.0 Å². The summed E-state index contributed by atoms with van der Waals surface area (Å²) in [5, 5.41) is 2.72. The van der Waals surface area contributed by atoms with Crippen molar-refractivity contribution in [2.45, 2.75) is 24.3 Å². The number of rotatable bonds is 8. The van der Waals surface area contributed by atoms with Crippen molar-refractivity contribution in [3.63, 3.8) is 0 Å². The van der Waals surface area contributed by atoms with E-state index in [4.69, 9.17) is 0 Å². The molecule has 0 aliphatic carbocycles. The highest BCUT2D eigenvalue weighted by Gasteiger charge is 2.26. The van der Waals surface area contributed by atoms with Crippen LogP contribution in [0.3, 0.4) is 0 Å². The minimum absolute atomic E-state index is 0.0557. The van der Waals surface area contributed by atoms with E-state index in [9.17, 15) is 18.0 Å². The third kappa shape index (κ3) is 6.33. The molecule has 0 fully saturated rings. The molecule has 3 aromatic rings. The van der Waals surface area contributed by atoms with Crippen LogP contribution in [-0.4, -0.2) is 26.2 Å². The summed E-state index contributed by atoms with van der Waals surface area (Å²) < 4.78 is 29.0. The normalized spacial score (nSPS) is 12.2. The van der Waals surface area contributed by atoms with Crippen LogP contribution in [0.1, 0.15) is 22.8 Å². The molecule has 1 atom stereocenters. The molecular weight excluding hydrogens is 480 g/mol. The predicted molar refractivity (Wildman–Crippen MR) is 123 cm³/mol. The van der Waals surface area contributed by atoms with Gasteiger partial charge in [-0.15, -0.1) is 0 Å². The molecule has 0 heterocycles. The lowest BCUT2D eigenvalue weighted by Gasteiger charge is -2.19. The summed E-state index contributed by atoms with van der Waals surface area (Å²) in [6, 6.07) is 20.7. The van der Waals surface area contributed by atoms with Crippen molar-refractivity contribution in [1.29, 1.82) is 0 Å². The van der Waals surface area contributed by atoms with Gasteiger partial charge >= 0.3 is 0 Å². The van der Waals surface area contributed by atoms with Crippen molar-refractivity contribution < 1.29 is 18.0 Å². The van der Waals surface area contributed by atoms with Crippen molar-refractivity contribution in [1.82, 2.24) is 4.72 Å². The number of halogens is 1. The molecule has 3 rings (SSSR count). The van der Waals surface area contributed by atoms with Crippen LogP contribution in [0.2, 0.25) is 0 Å². The molecular formula is C23H21BrN2O4S. The molecule has 0 saturated carbocycles. The smallest absolute Gasteiger partial charge is 0.242 e. The molecule has 8 heteroatoms. The molecule has 0 aliphatic rings. The molecule has 2 N–H and O–H groups in total. The summed E-state index contributed by atoms with van der Waals surface area (Å²) in [4.78, 5) is 24.7. The second-order valence-corrected chi connectivity index (χ2v) is 9.57. The first-order chi connectivity index (χ1) is 14.7. The Morgan fingerprint density at radius 2 is 1.61 bits per heavy atom. The largest absolute Gasteiger partial charge is 0.325 e. The first kappa shape index (κ1) is 22.9. The van der Waals surface area contributed by atoms with Crippen LogP contribution in [0.15, 0.2) is 88.2 Å². The van der Waals surface area contributed by atoms with Gasteiger partial charge in [0.05, 0.1) is 4.90 Å². The quantitative estimate of drug-likeness (QED) is 0.453. The summed E-state index contributed by atoms with van der Waals surface area (Å²) in [5.74, 6) is -0.655. The Morgan fingerprint density at radius 1 is 0.935 bits per heavy atom. The molecule has 0 saturated heterocycles. The molecule has 6 nitrogen and oxygen atoms in total. The molecule has 1 amide bonds. The molecule has 0 bridgehead atoms. The van der Waals surface area contributed by atoms with E-state index < -0.39 is 22.0 Å². The maximum Gasteiger partial charge on any atom is 0.242 e. The van der Waals surface area contributed by atoms with Crippen LogP contribution in [0.25, 0.3) is 0 Å². The van der Waals surface area contributed by atoms with Gasteiger partial charge in [-0.25, -0.2) is 8.42 Å². The molecule has 0 spiro atoms. The number of hydrogen-bond acceptors (Lipinski definition) is 4. The molecule has 0 aliphatic heterocycles. The standard InChI is InChI=1S/C23H21BrN2O4S/c1-16(27)18-8-5-9-20(15-18)25-23(28)22(14-17-6-3-2-4-7-17)26-31(29,30)21-12-10-19(24)11-13-21/h2-13,15,22,26H,14H2,1H3,(H,25,28)/t22-/m1/s1. The summed E-state index contributed by atoms with van der Waals surface area (Å²) in [5.41, 5.74) is 1.67. The van der Waals surface area contributed by atoms with Gasteiger partial charge in [-0.05, 0) is 55.3 Å². The number of Topliss-reactive ketones (excluding diaryl/α,β-unsaturated/α-hetero) is 1. The van der Waals surface area contributed by atoms with Crippen LogP contribution in [0, 0.1) is 0 Å². The van der Waals surface area contributed by atoms with Crippen molar-refractivity contribution >= 4 is 43.3 Å². The van der Waals surface area contributed by atoms with Gasteiger partial charge in [-0.3, -0.25) is 9.59 Å². The van der Waals surface area contributed by atoms with Gasteiger partial charge in [-0.1, -0.05) is 58.4 Å². The van der Waals surface area contributed by atoms with Gasteiger partial charge in [0.2, 0.25) is 15.9 Å². The number of benzene rings is 3. The zero-order valence-electron chi connectivity index (χ0n) is 16.7. The second kappa shape index (κ2) is 10.00. The Bertz CT molecular complexity index is 1180. The van der Waals surface area contributed by atoms with Gasteiger partial charge < -0.3 is 5.32 Å². The summed E-state index contributed by atoms with van der Waals surface area (Å²) in [6.07, 6.45) is 0.162. The van der Waals surface area contributed by atoms with Crippen LogP contribution in [0.5, 0.6) is 0 Å². The van der Waals surface area contributed by atoms with Crippen molar-refractivity contribution in [3.05, 3.63) is 94.5 Å². The number of carbonyl (C=O) groups is 2. The highest BCUT2D eigenvalue weighted by molar-refractivity contribution is 9.10. The fourth-order valence-corrected chi connectivity index (χ4v) is 4.41. The Balaban J connectivity index is 1.86. The summed E-state index contributed by atoms with van der Waals surface area (Å²) in [7, 11) is -3.94. The van der Waals surface area contributed by atoms with E-state index in [0.717, 1.165) is 10.0 Å². The SMILES string of the molecule is CC(=O)c1cccc(NC(=O)[C@@H](Cc2ccccc2)NS(=O)(=O)c2ccc(Br)cc2)c1. The lowest BCUT2D eigenvalue weighted by molar-refractivity contribution is -0.117.